The van der Waals surface area contributed by atoms with Gasteiger partial charge in [0.15, 0.2) is 6.61 Å². The van der Waals surface area contributed by atoms with E-state index >= 15 is 0 Å². The highest BCUT2D eigenvalue weighted by Crippen LogP contribution is 2.24. The number of esters is 2. The molecular weight excluding hydrogens is 380 g/mol. The fourth-order valence-electron chi connectivity index (χ4n) is 2.93. The largest absolute Gasteiger partial charge is 0.467 e. The molecule has 1 aromatic rings. The molecule has 156 valence electrons. The molecule has 0 saturated carbocycles. The highest BCUT2D eigenvalue weighted by molar-refractivity contribution is 6.22. The van der Waals surface area contributed by atoms with Gasteiger partial charge in [-0.3, -0.25) is 19.3 Å². The lowest BCUT2D eigenvalue weighted by Gasteiger charge is -2.23. The van der Waals surface area contributed by atoms with Gasteiger partial charge in [-0.1, -0.05) is 32.4 Å². The van der Waals surface area contributed by atoms with Gasteiger partial charge in [0.05, 0.1) is 18.2 Å². The number of nitrogens with one attached hydrogen (secondary N) is 1. The molecule has 1 aliphatic rings. The van der Waals surface area contributed by atoms with Crippen molar-refractivity contribution in [3.63, 3.8) is 0 Å². The summed E-state index contributed by atoms with van der Waals surface area (Å²) in [6.45, 7) is 4.32. The van der Waals surface area contributed by atoms with E-state index in [9.17, 15) is 24.0 Å². The summed E-state index contributed by atoms with van der Waals surface area (Å²) in [5.74, 6) is -3.57. The lowest BCUT2D eigenvalue weighted by molar-refractivity contribution is -0.153. The van der Waals surface area contributed by atoms with E-state index in [2.05, 4.69) is 10.1 Å². The SMILES string of the molecule is CC[C@H](C)[C@H](NC(=O)COC(=O)[C@@H](C)N1C(=O)c2ccccc2C1=O)C(=O)OC. The minimum absolute atomic E-state index is 0.181. The van der Waals surface area contributed by atoms with Crippen LogP contribution in [0.5, 0.6) is 0 Å². The summed E-state index contributed by atoms with van der Waals surface area (Å²) in [4.78, 5) is 61.9. The molecule has 1 aliphatic heterocycles. The van der Waals surface area contributed by atoms with Gasteiger partial charge in [0.1, 0.15) is 12.1 Å². The number of fused-ring (bicyclic) bond motifs is 1. The molecule has 0 unspecified atom stereocenters. The third-order valence-electron chi connectivity index (χ3n) is 4.88. The predicted octanol–water partition coefficient (Wildman–Crippen LogP) is 0.918. The van der Waals surface area contributed by atoms with Gasteiger partial charge in [0, 0.05) is 0 Å². The fourth-order valence-corrected chi connectivity index (χ4v) is 2.93. The van der Waals surface area contributed by atoms with Crippen LogP contribution in [0.2, 0.25) is 0 Å². The average molecular weight is 404 g/mol. The molecule has 1 aromatic carbocycles. The summed E-state index contributed by atoms with van der Waals surface area (Å²) in [6, 6.07) is 4.17. The van der Waals surface area contributed by atoms with Crippen molar-refractivity contribution in [2.45, 2.75) is 39.3 Å². The van der Waals surface area contributed by atoms with Crippen LogP contribution < -0.4 is 5.32 Å². The van der Waals surface area contributed by atoms with Crippen molar-refractivity contribution in [2.75, 3.05) is 13.7 Å². The van der Waals surface area contributed by atoms with Gasteiger partial charge in [-0.05, 0) is 25.0 Å². The number of carbonyl (C=O) groups is 5. The number of amides is 3. The number of rotatable bonds is 8. The van der Waals surface area contributed by atoms with E-state index in [4.69, 9.17) is 4.74 Å². The standard InChI is InChI=1S/C20H24N2O7/c1-5-11(2)16(20(27)28-4)21-15(23)10-29-19(26)12(3)22-17(24)13-8-6-7-9-14(13)18(22)25/h6-9,11-12,16H,5,10H2,1-4H3,(H,21,23)/t11-,12+,16-/m0/s1. The fraction of sp³-hybridized carbons (Fsp3) is 0.450. The molecule has 0 radical (unpaired) electrons. The van der Waals surface area contributed by atoms with Crippen molar-refractivity contribution >= 4 is 29.7 Å². The molecule has 3 atom stereocenters. The van der Waals surface area contributed by atoms with E-state index in [-0.39, 0.29) is 17.0 Å². The van der Waals surface area contributed by atoms with Crippen molar-refractivity contribution in [2.24, 2.45) is 5.92 Å². The first-order chi connectivity index (χ1) is 13.7. The van der Waals surface area contributed by atoms with Crippen LogP contribution in [0.1, 0.15) is 47.9 Å². The number of nitrogens with zero attached hydrogens (tertiary/aromatic N) is 1. The summed E-state index contributed by atoms with van der Waals surface area (Å²) in [6.07, 6.45) is 0.622. The summed E-state index contributed by atoms with van der Waals surface area (Å²) in [5.41, 5.74) is 0.425. The summed E-state index contributed by atoms with van der Waals surface area (Å²) >= 11 is 0. The zero-order valence-electron chi connectivity index (χ0n) is 16.8. The zero-order chi connectivity index (χ0) is 21.7. The Hall–Kier alpha value is -3.23. The van der Waals surface area contributed by atoms with Crippen molar-refractivity contribution in [1.82, 2.24) is 10.2 Å². The number of hydrogen-bond acceptors (Lipinski definition) is 7. The lowest BCUT2D eigenvalue weighted by Crippen LogP contribution is -2.48. The van der Waals surface area contributed by atoms with Crippen LogP contribution in [0.3, 0.4) is 0 Å². The molecule has 1 heterocycles. The van der Waals surface area contributed by atoms with Gasteiger partial charge >= 0.3 is 11.9 Å². The number of ether oxygens (including phenoxy) is 2. The van der Waals surface area contributed by atoms with Gasteiger partial charge in [0.25, 0.3) is 17.7 Å². The van der Waals surface area contributed by atoms with Crippen LogP contribution in [0.4, 0.5) is 0 Å². The van der Waals surface area contributed by atoms with Gasteiger partial charge < -0.3 is 14.8 Å². The first-order valence-electron chi connectivity index (χ1n) is 9.23. The molecule has 0 fully saturated rings. The Morgan fingerprint density at radius 2 is 1.59 bits per heavy atom. The molecule has 3 amide bonds. The molecule has 0 aliphatic carbocycles. The Morgan fingerprint density at radius 3 is 2.07 bits per heavy atom. The van der Waals surface area contributed by atoms with E-state index in [1.54, 1.807) is 19.1 Å². The first kappa shape index (κ1) is 22.1. The molecule has 0 saturated heterocycles. The molecule has 9 heteroatoms. The van der Waals surface area contributed by atoms with Gasteiger partial charge in [0.2, 0.25) is 0 Å². The predicted molar refractivity (Wildman–Crippen MR) is 101 cm³/mol. The minimum Gasteiger partial charge on any atom is -0.467 e. The van der Waals surface area contributed by atoms with E-state index < -0.39 is 48.4 Å². The molecule has 2 rings (SSSR count). The normalized spacial score (nSPS) is 15.9. The maximum atomic E-state index is 12.4. The Labute approximate surface area is 168 Å². The zero-order valence-corrected chi connectivity index (χ0v) is 16.8. The molecule has 0 spiro atoms. The Balaban J connectivity index is 1.97. The molecule has 0 aromatic heterocycles. The van der Waals surface area contributed by atoms with Crippen LogP contribution in [0, 0.1) is 5.92 Å². The highest BCUT2D eigenvalue weighted by atomic mass is 16.5. The van der Waals surface area contributed by atoms with E-state index in [1.807, 2.05) is 6.92 Å². The van der Waals surface area contributed by atoms with Crippen LogP contribution in [-0.2, 0) is 23.9 Å². The monoisotopic (exact) mass is 404 g/mol. The third kappa shape index (κ3) is 4.61. The van der Waals surface area contributed by atoms with Gasteiger partial charge in [-0.15, -0.1) is 0 Å². The molecule has 29 heavy (non-hydrogen) atoms. The van der Waals surface area contributed by atoms with Crippen molar-refractivity contribution in [1.29, 1.82) is 0 Å². The van der Waals surface area contributed by atoms with E-state index in [0.717, 1.165) is 4.90 Å². The number of carbonyl (C=O) groups excluding carboxylic acids is 5. The first-order valence-corrected chi connectivity index (χ1v) is 9.23. The van der Waals surface area contributed by atoms with Crippen LogP contribution in [-0.4, -0.2) is 60.4 Å². The minimum atomic E-state index is -1.21. The molecule has 0 bridgehead atoms. The maximum Gasteiger partial charge on any atom is 0.329 e. The molecule has 1 N–H and O–H groups in total. The van der Waals surface area contributed by atoms with Crippen molar-refractivity contribution in [3.05, 3.63) is 35.4 Å². The second kappa shape index (κ2) is 9.31. The molecular formula is C20H24N2O7. The van der Waals surface area contributed by atoms with Crippen LogP contribution >= 0.6 is 0 Å². The number of hydrogen-bond donors (Lipinski definition) is 1. The summed E-state index contributed by atoms with van der Waals surface area (Å²) in [7, 11) is 1.22. The number of imide groups is 1. The second-order valence-electron chi connectivity index (χ2n) is 6.76. The topological polar surface area (TPSA) is 119 Å². The smallest absolute Gasteiger partial charge is 0.329 e. The Bertz CT molecular complexity index is 801. The van der Waals surface area contributed by atoms with Gasteiger partial charge in [-0.25, -0.2) is 9.59 Å². The van der Waals surface area contributed by atoms with E-state index in [0.29, 0.717) is 6.42 Å². The average Bonchev–Trinajstić information content (AvgIpc) is 2.99. The molecule has 9 nitrogen and oxygen atoms in total. The van der Waals surface area contributed by atoms with Gasteiger partial charge in [-0.2, -0.15) is 0 Å². The number of benzene rings is 1. The third-order valence-corrected chi connectivity index (χ3v) is 4.88. The Morgan fingerprint density at radius 1 is 1.03 bits per heavy atom. The summed E-state index contributed by atoms with van der Waals surface area (Å²) < 4.78 is 9.63. The maximum absolute atomic E-state index is 12.4. The van der Waals surface area contributed by atoms with Crippen LogP contribution in [0.25, 0.3) is 0 Å². The second-order valence-corrected chi connectivity index (χ2v) is 6.76. The van der Waals surface area contributed by atoms with E-state index in [1.165, 1.54) is 26.2 Å². The van der Waals surface area contributed by atoms with Crippen molar-refractivity contribution < 1.29 is 33.4 Å². The van der Waals surface area contributed by atoms with Crippen molar-refractivity contribution in [3.8, 4) is 0 Å². The number of methoxy groups -OCH3 is 1. The quantitative estimate of drug-likeness (QED) is 0.505. The Kier molecular flexibility index (Phi) is 7.08. The lowest BCUT2D eigenvalue weighted by atomic mass is 9.99. The summed E-state index contributed by atoms with van der Waals surface area (Å²) in [5, 5.41) is 2.48. The van der Waals surface area contributed by atoms with Crippen LogP contribution in [0.15, 0.2) is 24.3 Å². The highest BCUT2D eigenvalue weighted by Gasteiger charge is 2.41.